The van der Waals surface area contributed by atoms with Gasteiger partial charge in [-0.25, -0.2) is 4.39 Å². The number of nitrogens with one attached hydrogen (secondary N) is 2. The SMILES string of the molecule is CC(NCC(=O)Nc1ccccc1F)C1CCCN(C2CCC2)C1. The van der Waals surface area contributed by atoms with Crippen LogP contribution in [0.3, 0.4) is 0 Å². The molecule has 3 rings (SSSR count). The highest BCUT2D eigenvalue weighted by Gasteiger charge is 2.31. The Morgan fingerprint density at radius 3 is 2.79 bits per heavy atom. The number of likely N-dealkylation sites (tertiary alicyclic amines) is 1. The number of rotatable bonds is 6. The lowest BCUT2D eigenvalue weighted by molar-refractivity contribution is -0.115. The van der Waals surface area contributed by atoms with Crippen LogP contribution < -0.4 is 10.6 Å². The van der Waals surface area contributed by atoms with Gasteiger partial charge in [0.15, 0.2) is 0 Å². The summed E-state index contributed by atoms with van der Waals surface area (Å²) in [7, 11) is 0. The molecule has 2 N–H and O–H groups in total. The predicted octanol–water partition coefficient (Wildman–Crippen LogP) is 3.01. The fourth-order valence-corrected chi connectivity index (χ4v) is 3.71. The Morgan fingerprint density at radius 2 is 2.08 bits per heavy atom. The van der Waals surface area contributed by atoms with E-state index in [1.54, 1.807) is 18.2 Å². The van der Waals surface area contributed by atoms with Crippen molar-refractivity contribution in [3.05, 3.63) is 30.1 Å². The van der Waals surface area contributed by atoms with Crippen LogP contribution in [0.4, 0.5) is 10.1 Å². The smallest absolute Gasteiger partial charge is 0.238 e. The first-order chi connectivity index (χ1) is 11.6. The molecule has 1 saturated carbocycles. The zero-order valence-electron chi connectivity index (χ0n) is 14.4. The monoisotopic (exact) mass is 333 g/mol. The first-order valence-electron chi connectivity index (χ1n) is 9.15. The van der Waals surface area contributed by atoms with E-state index in [2.05, 4.69) is 22.5 Å². The van der Waals surface area contributed by atoms with Crippen molar-refractivity contribution in [3.8, 4) is 0 Å². The molecule has 1 saturated heterocycles. The molecule has 1 aromatic carbocycles. The Hall–Kier alpha value is -1.46. The van der Waals surface area contributed by atoms with Crippen LogP contribution >= 0.6 is 0 Å². The second kappa shape index (κ2) is 8.08. The van der Waals surface area contributed by atoms with Crippen LogP contribution in [0.25, 0.3) is 0 Å². The minimum Gasteiger partial charge on any atom is -0.322 e. The van der Waals surface area contributed by atoms with E-state index < -0.39 is 5.82 Å². The van der Waals surface area contributed by atoms with E-state index in [0.29, 0.717) is 12.0 Å². The second-order valence-electron chi connectivity index (χ2n) is 7.18. The van der Waals surface area contributed by atoms with Gasteiger partial charge in [-0.1, -0.05) is 18.6 Å². The first-order valence-corrected chi connectivity index (χ1v) is 9.15. The molecule has 1 aliphatic carbocycles. The van der Waals surface area contributed by atoms with Crippen LogP contribution in [0.15, 0.2) is 24.3 Å². The third-order valence-electron chi connectivity index (χ3n) is 5.52. The van der Waals surface area contributed by atoms with E-state index in [9.17, 15) is 9.18 Å². The van der Waals surface area contributed by atoms with Gasteiger partial charge in [0.1, 0.15) is 5.82 Å². The number of nitrogens with zero attached hydrogens (tertiary/aromatic N) is 1. The number of amides is 1. The molecule has 132 valence electrons. The standard InChI is InChI=1S/C19H28FN3O/c1-14(15-6-5-11-23(13-15)16-7-4-8-16)21-12-19(24)22-18-10-3-2-9-17(18)20/h2-3,9-10,14-16,21H,4-8,11-13H2,1H3,(H,22,24). The van der Waals surface area contributed by atoms with Gasteiger partial charge < -0.3 is 15.5 Å². The first kappa shape index (κ1) is 17.4. The highest BCUT2D eigenvalue weighted by Crippen LogP contribution is 2.30. The summed E-state index contributed by atoms with van der Waals surface area (Å²) in [5, 5.41) is 5.95. The number of carbonyl (C=O) groups is 1. The normalized spacial score (nSPS) is 23.5. The van der Waals surface area contributed by atoms with Crippen LogP contribution in [0.5, 0.6) is 0 Å². The van der Waals surface area contributed by atoms with Gasteiger partial charge in [0.05, 0.1) is 12.2 Å². The molecule has 5 heteroatoms. The number of hydrogen-bond donors (Lipinski definition) is 2. The summed E-state index contributed by atoms with van der Waals surface area (Å²) in [6.45, 7) is 4.73. The lowest BCUT2D eigenvalue weighted by Crippen LogP contribution is -2.50. The second-order valence-corrected chi connectivity index (χ2v) is 7.18. The van der Waals surface area contributed by atoms with Crippen LogP contribution in [0, 0.1) is 11.7 Å². The quantitative estimate of drug-likeness (QED) is 0.841. The number of anilines is 1. The number of benzene rings is 1. The maximum absolute atomic E-state index is 13.6. The molecule has 0 radical (unpaired) electrons. The van der Waals surface area contributed by atoms with Gasteiger partial charge in [0, 0.05) is 18.6 Å². The molecule has 1 aromatic rings. The molecule has 1 aliphatic heterocycles. The Morgan fingerprint density at radius 1 is 1.29 bits per heavy atom. The Labute approximate surface area is 143 Å². The average Bonchev–Trinajstić information content (AvgIpc) is 2.53. The van der Waals surface area contributed by atoms with Crippen molar-refractivity contribution < 1.29 is 9.18 Å². The summed E-state index contributed by atoms with van der Waals surface area (Å²) in [5.74, 6) is -0.0125. The molecule has 1 heterocycles. The number of halogens is 1. The number of para-hydroxylation sites is 1. The van der Waals surface area contributed by atoms with Crippen molar-refractivity contribution in [1.29, 1.82) is 0 Å². The van der Waals surface area contributed by atoms with Crippen molar-refractivity contribution in [1.82, 2.24) is 10.2 Å². The highest BCUT2D eigenvalue weighted by atomic mass is 19.1. The predicted molar refractivity (Wildman–Crippen MR) is 94.4 cm³/mol. The number of hydrogen-bond acceptors (Lipinski definition) is 3. The summed E-state index contributed by atoms with van der Waals surface area (Å²) in [4.78, 5) is 14.7. The maximum atomic E-state index is 13.6. The van der Waals surface area contributed by atoms with Crippen molar-refractivity contribution in [2.75, 3.05) is 25.0 Å². The van der Waals surface area contributed by atoms with Crippen molar-refractivity contribution in [3.63, 3.8) is 0 Å². The molecule has 2 aliphatic rings. The van der Waals surface area contributed by atoms with Crippen LogP contribution in [-0.4, -0.2) is 42.5 Å². The summed E-state index contributed by atoms with van der Waals surface area (Å²) >= 11 is 0. The van der Waals surface area contributed by atoms with Crippen LogP contribution in [0.2, 0.25) is 0 Å². The number of piperidine rings is 1. The summed E-state index contributed by atoms with van der Waals surface area (Å²) < 4.78 is 13.6. The molecule has 2 unspecified atom stereocenters. The fraction of sp³-hybridized carbons (Fsp3) is 0.632. The van der Waals surface area contributed by atoms with Crippen molar-refractivity contribution >= 4 is 11.6 Å². The van der Waals surface area contributed by atoms with E-state index in [4.69, 9.17) is 0 Å². The lowest BCUT2D eigenvalue weighted by atomic mass is 9.85. The Balaban J connectivity index is 1.43. The van der Waals surface area contributed by atoms with Gasteiger partial charge in [0.25, 0.3) is 0 Å². The van der Waals surface area contributed by atoms with Gasteiger partial charge in [-0.2, -0.15) is 0 Å². The molecule has 0 spiro atoms. The third-order valence-corrected chi connectivity index (χ3v) is 5.52. The number of carbonyl (C=O) groups excluding carboxylic acids is 1. The average molecular weight is 333 g/mol. The third kappa shape index (κ3) is 4.33. The van der Waals surface area contributed by atoms with E-state index in [1.807, 2.05) is 0 Å². The topological polar surface area (TPSA) is 44.4 Å². The zero-order chi connectivity index (χ0) is 16.9. The van der Waals surface area contributed by atoms with Gasteiger partial charge in [-0.05, 0) is 57.2 Å². The van der Waals surface area contributed by atoms with Gasteiger partial charge in [0.2, 0.25) is 5.91 Å². The van der Waals surface area contributed by atoms with Crippen LogP contribution in [0.1, 0.15) is 39.0 Å². The van der Waals surface area contributed by atoms with E-state index in [-0.39, 0.29) is 18.1 Å². The minimum absolute atomic E-state index is 0.196. The molecular formula is C19H28FN3O. The van der Waals surface area contributed by atoms with E-state index in [0.717, 1.165) is 12.6 Å². The maximum Gasteiger partial charge on any atom is 0.238 e. The van der Waals surface area contributed by atoms with Gasteiger partial charge in [-0.3, -0.25) is 4.79 Å². The molecule has 0 aromatic heterocycles. The minimum atomic E-state index is -0.401. The zero-order valence-corrected chi connectivity index (χ0v) is 14.4. The van der Waals surface area contributed by atoms with Crippen molar-refractivity contribution in [2.24, 2.45) is 5.92 Å². The molecular weight excluding hydrogens is 305 g/mol. The molecule has 4 nitrogen and oxygen atoms in total. The van der Waals surface area contributed by atoms with Gasteiger partial charge >= 0.3 is 0 Å². The largest absolute Gasteiger partial charge is 0.322 e. The van der Waals surface area contributed by atoms with Crippen molar-refractivity contribution in [2.45, 2.75) is 51.1 Å². The summed E-state index contributed by atoms with van der Waals surface area (Å²) in [6.07, 6.45) is 6.52. The molecule has 2 atom stereocenters. The lowest BCUT2D eigenvalue weighted by Gasteiger charge is -2.44. The highest BCUT2D eigenvalue weighted by molar-refractivity contribution is 5.92. The Bertz CT molecular complexity index is 561. The molecule has 1 amide bonds. The summed E-state index contributed by atoms with van der Waals surface area (Å²) in [6, 6.07) is 7.34. The molecule has 0 bridgehead atoms. The summed E-state index contributed by atoms with van der Waals surface area (Å²) in [5.41, 5.74) is 0.241. The van der Waals surface area contributed by atoms with Gasteiger partial charge in [-0.15, -0.1) is 0 Å². The molecule has 24 heavy (non-hydrogen) atoms. The molecule has 2 fully saturated rings. The fourth-order valence-electron chi connectivity index (χ4n) is 3.71. The Kier molecular flexibility index (Phi) is 5.85. The van der Waals surface area contributed by atoms with Crippen LogP contribution in [-0.2, 0) is 4.79 Å². The van der Waals surface area contributed by atoms with E-state index in [1.165, 1.54) is 44.7 Å². The van der Waals surface area contributed by atoms with E-state index >= 15 is 0 Å².